The number of esters is 1. The van der Waals surface area contributed by atoms with Crippen molar-refractivity contribution < 1.29 is 32.3 Å². The number of carbonyl (C=O) groups excluding carboxylic acids is 3. The number of nitrogens with zero attached hydrogens (tertiary/aromatic N) is 3. The molecule has 0 aliphatic heterocycles. The van der Waals surface area contributed by atoms with Gasteiger partial charge in [-0.25, -0.2) is 9.48 Å². The van der Waals surface area contributed by atoms with E-state index in [0.717, 1.165) is 4.90 Å². The second-order valence-electron chi connectivity index (χ2n) is 7.24. The second kappa shape index (κ2) is 9.28. The standard InChI is InChI=1S/C21H20F3N5O4/c1-28(2)19(31)18(33-20(32)21(22,23)24)26-10-12-6-8-14(9-7-12)29-11-13-4-3-5-15(17(25)30)16(13)27-29/h3-9,11,18,26H,10H2,1-2H3,(H2,25,30). The topological polar surface area (TPSA) is 120 Å². The van der Waals surface area contributed by atoms with Gasteiger partial charge in [0.2, 0.25) is 6.23 Å². The maximum absolute atomic E-state index is 12.5. The summed E-state index contributed by atoms with van der Waals surface area (Å²) >= 11 is 0. The lowest BCUT2D eigenvalue weighted by molar-refractivity contribution is -0.207. The van der Waals surface area contributed by atoms with Gasteiger partial charge in [-0.15, -0.1) is 0 Å². The van der Waals surface area contributed by atoms with Crippen LogP contribution in [0.3, 0.4) is 0 Å². The number of fused-ring (bicyclic) bond motifs is 1. The van der Waals surface area contributed by atoms with Crippen LogP contribution in [0.25, 0.3) is 16.6 Å². The molecule has 9 nitrogen and oxygen atoms in total. The van der Waals surface area contributed by atoms with E-state index in [2.05, 4.69) is 15.2 Å². The van der Waals surface area contributed by atoms with Crippen LogP contribution < -0.4 is 11.1 Å². The summed E-state index contributed by atoms with van der Waals surface area (Å²) in [5, 5.41) is 7.62. The summed E-state index contributed by atoms with van der Waals surface area (Å²) in [7, 11) is 2.65. The molecule has 0 aliphatic carbocycles. The minimum Gasteiger partial charge on any atom is -0.430 e. The van der Waals surface area contributed by atoms with Crippen LogP contribution in [0.1, 0.15) is 15.9 Å². The summed E-state index contributed by atoms with van der Waals surface area (Å²) < 4.78 is 43.4. The number of rotatable bonds is 7. The van der Waals surface area contributed by atoms with Gasteiger partial charge >= 0.3 is 12.1 Å². The third-order valence-electron chi connectivity index (χ3n) is 4.62. The van der Waals surface area contributed by atoms with Gasteiger partial charge < -0.3 is 15.4 Å². The molecule has 1 heterocycles. The molecule has 3 rings (SSSR count). The van der Waals surface area contributed by atoms with E-state index in [1.165, 1.54) is 14.1 Å². The summed E-state index contributed by atoms with van der Waals surface area (Å²) in [6.07, 6.45) is -5.31. The van der Waals surface area contributed by atoms with Crippen LogP contribution in [-0.4, -0.2) is 59.0 Å². The number of ether oxygens (including phenoxy) is 1. The van der Waals surface area contributed by atoms with Crippen molar-refractivity contribution in [3.8, 4) is 5.69 Å². The van der Waals surface area contributed by atoms with E-state index in [1.54, 1.807) is 53.3 Å². The molecule has 3 N–H and O–H groups in total. The van der Waals surface area contributed by atoms with Gasteiger partial charge in [-0.05, 0) is 23.8 Å². The first-order chi connectivity index (χ1) is 15.5. The first kappa shape index (κ1) is 23.7. The minimum absolute atomic E-state index is 0.0530. The number of nitrogens with one attached hydrogen (secondary N) is 1. The summed E-state index contributed by atoms with van der Waals surface area (Å²) in [4.78, 5) is 35.9. The van der Waals surface area contributed by atoms with Crippen LogP contribution >= 0.6 is 0 Å². The highest BCUT2D eigenvalue weighted by Crippen LogP contribution is 2.20. The number of aromatic nitrogens is 2. The van der Waals surface area contributed by atoms with Gasteiger partial charge in [0.15, 0.2) is 0 Å². The highest BCUT2D eigenvalue weighted by molar-refractivity contribution is 6.04. The maximum Gasteiger partial charge on any atom is 0.490 e. The molecule has 1 unspecified atom stereocenters. The normalized spacial score (nSPS) is 12.4. The molecule has 0 bridgehead atoms. The summed E-state index contributed by atoms with van der Waals surface area (Å²) in [5.41, 5.74) is 7.38. The quantitative estimate of drug-likeness (QED) is 0.407. The van der Waals surface area contributed by atoms with Gasteiger partial charge in [-0.1, -0.05) is 24.3 Å². The van der Waals surface area contributed by atoms with Crippen LogP contribution in [0.2, 0.25) is 0 Å². The Morgan fingerprint density at radius 2 is 1.82 bits per heavy atom. The largest absolute Gasteiger partial charge is 0.490 e. The van der Waals surface area contributed by atoms with Crippen molar-refractivity contribution in [1.82, 2.24) is 20.0 Å². The predicted molar refractivity (Wildman–Crippen MR) is 111 cm³/mol. The van der Waals surface area contributed by atoms with E-state index in [1.807, 2.05) is 0 Å². The fourth-order valence-corrected chi connectivity index (χ4v) is 2.94. The minimum atomic E-state index is -5.23. The number of alkyl halides is 3. The lowest BCUT2D eigenvalue weighted by Gasteiger charge is -2.22. The number of amides is 2. The Bertz CT molecular complexity index is 1190. The van der Waals surface area contributed by atoms with Crippen molar-refractivity contribution in [2.45, 2.75) is 18.9 Å². The van der Waals surface area contributed by atoms with Gasteiger partial charge in [0, 0.05) is 32.2 Å². The van der Waals surface area contributed by atoms with E-state index >= 15 is 0 Å². The van der Waals surface area contributed by atoms with Crippen molar-refractivity contribution in [2.24, 2.45) is 5.73 Å². The third-order valence-corrected chi connectivity index (χ3v) is 4.62. The molecule has 2 aromatic carbocycles. The zero-order valence-electron chi connectivity index (χ0n) is 17.6. The highest BCUT2D eigenvalue weighted by atomic mass is 19.4. The summed E-state index contributed by atoms with van der Waals surface area (Å²) in [6.45, 7) is -0.0530. The van der Waals surface area contributed by atoms with Crippen molar-refractivity contribution in [3.63, 3.8) is 0 Å². The Morgan fingerprint density at radius 1 is 1.15 bits per heavy atom. The monoisotopic (exact) mass is 463 g/mol. The van der Waals surface area contributed by atoms with Gasteiger partial charge in [0.1, 0.15) is 5.52 Å². The van der Waals surface area contributed by atoms with E-state index in [0.29, 0.717) is 22.2 Å². The van der Waals surface area contributed by atoms with Crippen molar-refractivity contribution in [3.05, 3.63) is 59.8 Å². The molecule has 12 heteroatoms. The lowest BCUT2D eigenvalue weighted by Crippen LogP contribution is -2.48. The first-order valence-electron chi connectivity index (χ1n) is 9.57. The third kappa shape index (κ3) is 5.47. The Hall–Kier alpha value is -3.93. The average molecular weight is 463 g/mol. The number of carbonyl (C=O) groups is 3. The van der Waals surface area contributed by atoms with Gasteiger partial charge in [0.25, 0.3) is 11.8 Å². The fraction of sp³-hybridized carbons (Fsp3) is 0.238. The molecule has 174 valence electrons. The zero-order chi connectivity index (χ0) is 24.3. The molecular formula is C21H20F3N5O4. The average Bonchev–Trinajstić information content (AvgIpc) is 3.19. The van der Waals surface area contributed by atoms with E-state index in [9.17, 15) is 27.6 Å². The molecule has 33 heavy (non-hydrogen) atoms. The highest BCUT2D eigenvalue weighted by Gasteiger charge is 2.43. The number of hydrogen-bond acceptors (Lipinski definition) is 6. The number of primary amides is 1. The maximum atomic E-state index is 12.5. The molecule has 0 saturated heterocycles. The number of benzene rings is 2. The van der Waals surface area contributed by atoms with E-state index in [-0.39, 0.29) is 12.1 Å². The van der Waals surface area contributed by atoms with Crippen LogP contribution in [-0.2, 0) is 20.9 Å². The summed E-state index contributed by atoms with van der Waals surface area (Å²) in [5.74, 6) is -3.91. The van der Waals surface area contributed by atoms with Gasteiger partial charge in [-0.2, -0.15) is 18.3 Å². The fourth-order valence-electron chi connectivity index (χ4n) is 2.94. The molecule has 3 aromatic rings. The van der Waals surface area contributed by atoms with Gasteiger partial charge in [-0.3, -0.25) is 14.9 Å². The Balaban J connectivity index is 1.75. The zero-order valence-corrected chi connectivity index (χ0v) is 17.6. The molecule has 0 aliphatic rings. The molecule has 1 atom stereocenters. The molecular weight excluding hydrogens is 443 g/mol. The van der Waals surface area contributed by atoms with E-state index in [4.69, 9.17) is 5.73 Å². The van der Waals surface area contributed by atoms with E-state index < -0.39 is 30.2 Å². The van der Waals surface area contributed by atoms with Crippen LogP contribution in [0, 0.1) is 0 Å². The molecule has 0 fully saturated rings. The molecule has 1 aromatic heterocycles. The predicted octanol–water partition coefficient (Wildman–Crippen LogP) is 1.73. The number of hydrogen-bond donors (Lipinski definition) is 2. The SMILES string of the molecule is CN(C)C(=O)C(NCc1ccc(-n2cc3cccc(C(N)=O)c3n2)cc1)OC(=O)C(F)(F)F. The van der Waals surface area contributed by atoms with Crippen molar-refractivity contribution in [1.29, 1.82) is 0 Å². The Labute approximate surface area is 185 Å². The Morgan fingerprint density at radius 3 is 2.39 bits per heavy atom. The molecule has 0 spiro atoms. The van der Waals surface area contributed by atoms with Crippen LogP contribution in [0.5, 0.6) is 0 Å². The second-order valence-corrected chi connectivity index (χ2v) is 7.24. The lowest BCUT2D eigenvalue weighted by atomic mass is 10.1. The van der Waals surface area contributed by atoms with Gasteiger partial charge in [0.05, 0.1) is 11.3 Å². The number of halogens is 3. The van der Waals surface area contributed by atoms with Crippen LogP contribution in [0.15, 0.2) is 48.7 Å². The molecule has 2 amide bonds. The first-order valence-corrected chi connectivity index (χ1v) is 9.57. The smallest absolute Gasteiger partial charge is 0.430 e. The van der Waals surface area contributed by atoms with Crippen LogP contribution in [0.4, 0.5) is 13.2 Å². The number of nitrogens with two attached hydrogens (primary N) is 1. The van der Waals surface area contributed by atoms with Crippen molar-refractivity contribution >= 4 is 28.7 Å². The molecule has 0 saturated carbocycles. The van der Waals surface area contributed by atoms with Crippen molar-refractivity contribution in [2.75, 3.05) is 14.1 Å². The number of likely N-dealkylation sites (N-methyl/N-ethyl adjacent to an activating group) is 1. The summed E-state index contributed by atoms with van der Waals surface area (Å²) in [6, 6.07) is 11.8. The Kier molecular flexibility index (Phi) is 6.68. The molecule has 0 radical (unpaired) electrons.